The van der Waals surface area contributed by atoms with E-state index in [1.165, 1.54) is 11.6 Å². The number of nitrogens with zero attached hydrogens (tertiary/aromatic N) is 2. The molecule has 0 radical (unpaired) electrons. The van der Waals surface area contributed by atoms with Gasteiger partial charge in [-0.3, -0.25) is 23.5 Å². The number of ketones is 1. The molecule has 1 aliphatic carbocycles. The molecule has 24 heavy (non-hydrogen) atoms. The lowest BCUT2D eigenvalue weighted by molar-refractivity contribution is -0.147. The van der Waals surface area contributed by atoms with Crippen LogP contribution in [-0.2, 0) is 23.1 Å². The Balaban J connectivity index is 2.24. The Morgan fingerprint density at radius 1 is 1.25 bits per heavy atom. The van der Waals surface area contributed by atoms with Gasteiger partial charge in [0.1, 0.15) is 11.4 Å². The summed E-state index contributed by atoms with van der Waals surface area (Å²) in [6.45, 7) is 1.60. The highest BCUT2D eigenvalue weighted by Gasteiger charge is 2.26. The van der Waals surface area contributed by atoms with Gasteiger partial charge in [0, 0.05) is 13.6 Å². The van der Waals surface area contributed by atoms with E-state index in [1.54, 1.807) is 0 Å². The SMILES string of the molecule is CCCn1c(N)c(C(=O)COC(=O)C2CCCC2)c(=O)n(C)c1=O. The van der Waals surface area contributed by atoms with Crippen LogP contribution in [0, 0.1) is 5.92 Å². The molecule has 0 aliphatic heterocycles. The summed E-state index contributed by atoms with van der Waals surface area (Å²) in [4.78, 5) is 48.5. The minimum absolute atomic E-state index is 0.174. The molecule has 0 saturated heterocycles. The van der Waals surface area contributed by atoms with E-state index in [1.807, 2.05) is 6.92 Å². The molecule has 0 spiro atoms. The Morgan fingerprint density at radius 2 is 1.88 bits per heavy atom. The highest BCUT2D eigenvalue weighted by atomic mass is 16.5. The van der Waals surface area contributed by atoms with Crippen molar-refractivity contribution in [2.24, 2.45) is 13.0 Å². The summed E-state index contributed by atoms with van der Waals surface area (Å²) in [5, 5.41) is 0. The number of anilines is 1. The van der Waals surface area contributed by atoms with Gasteiger partial charge in [-0.2, -0.15) is 0 Å². The van der Waals surface area contributed by atoms with Crippen molar-refractivity contribution in [2.75, 3.05) is 12.3 Å². The Morgan fingerprint density at radius 3 is 2.46 bits per heavy atom. The van der Waals surface area contributed by atoms with E-state index in [-0.39, 0.29) is 17.3 Å². The number of aromatic nitrogens is 2. The van der Waals surface area contributed by atoms with Gasteiger partial charge in [0.15, 0.2) is 6.61 Å². The molecule has 1 aromatic rings. The number of esters is 1. The normalized spacial score (nSPS) is 14.8. The maximum absolute atomic E-state index is 12.3. The Kier molecular flexibility index (Phi) is 5.58. The van der Waals surface area contributed by atoms with Crippen molar-refractivity contribution < 1.29 is 14.3 Å². The quantitative estimate of drug-likeness (QED) is 0.596. The first-order valence-corrected chi connectivity index (χ1v) is 8.17. The summed E-state index contributed by atoms with van der Waals surface area (Å²) in [6.07, 6.45) is 4.09. The summed E-state index contributed by atoms with van der Waals surface area (Å²) in [5.41, 5.74) is 4.21. The number of hydrogen-bond acceptors (Lipinski definition) is 6. The Bertz CT molecular complexity index is 756. The lowest BCUT2D eigenvalue weighted by Crippen LogP contribution is -2.43. The van der Waals surface area contributed by atoms with Gasteiger partial charge in [-0.1, -0.05) is 19.8 Å². The number of nitrogens with two attached hydrogens (primary N) is 1. The summed E-state index contributed by atoms with van der Waals surface area (Å²) in [7, 11) is 1.29. The molecular formula is C16H23N3O5. The van der Waals surface area contributed by atoms with Crippen LogP contribution in [0.25, 0.3) is 0 Å². The molecule has 0 atom stereocenters. The number of carbonyl (C=O) groups excluding carboxylic acids is 2. The van der Waals surface area contributed by atoms with E-state index in [4.69, 9.17) is 10.5 Å². The number of hydrogen-bond donors (Lipinski definition) is 1. The molecule has 2 N–H and O–H groups in total. The monoisotopic (exact) mass is 337 g/mol. The zero-order chi connectivity index (χ0) is 17.9. The molecule has 1 heterocycles. The fourth-order valence-electron chi connectivity index (χ4n) is 2.97. The first kappa shape index (κ1) is 18.0. The van der Waals surface area contributed by atoms with Crippen molar-refractivity contribution in [3.05, 3.63) is 26.4 Å². The molecule has 8 nitrogen and oxygen atoms in total. The fourth-order valence-corrected chi connectivity index (χ4v) is 2.97. The van der Waals surface area contributed by atoms with Crippen LogP contribution in [0.2, 0.25) is 0 Å². The lowest BCUT2D eigenvalue weighted by Gasteiger charge is -2.14. The average molecular weight is 337 g/mol. The van der Waals surface area contributed by atoms with E-state index >= 15 is 0 Å². The minimum Gasteiger partial charge on any atom is -0.457 e. The Labute approximate surface area is 139 Å². The van der Waals surface area contributed by atoms with E-state index in [2.05, 4.69) is 0 Å². The molecule has 1 aromatic heterocycles. The fraction of sp³-hybridized carbons (Fsp3) is 0.625. The van der Waals surface area contributed by atoms with Crippen LogP contribution >= 0.6 is 0 Å². The smallest absolute Gasteiger partial charge is 0.332 e. The molecule has 0 bridgehead atoms. The highest BCUT2D eigenvalue weighted by Crippen LogP contribution is 2.25. The number of rotatable bonds is 6. The van der Waals surface area contributed by atoms with Gasteiger partial charge in [0.25, 0.3) is 5.56 Å². The van der Waals surface area contributed by atoms with Gasteiger partial charge >= 0.3 is 11.7 Å². The topological polar surface area (TPSA) is 113 Å². The van der Waals surface area contributed by atoms with Gasteiger partial charge in [0.05, 0.1) is 5.92 Å². The second kappa shape index (κ2) is 7.46. The van der Waals surface area contributed by atoms with Crippen LogP contribution in [0.1, 0.15) is 49.4 Å². The average Bonchev–Trinajstić information content (AvgIpc) is 3.09. The van der Waals surface area contributed by atoms with Crippen molar-refractivity contribution in [1.29, 1.82) is 0 Å². The van der Waals surface area contributed by atoms with Gasteiger partial charge in [-0.05, 0) is 19.3 Å². The summed E-state index contributed by atoms with van der Waals surface area (Å²) < 4.78 is 7.08. The van der Waals surface area contributed by atoms with E-state index < -0.39 is 29.6 Å². The predicted molar refractivity (Wildman–Crippen MR) is 87.9 cm³/mol. The summed E-state index contributed by atoms with van der Waals surface area (Å²) >= 11 is 0. The number of Topliss-reactive ketones (excluding diaryl/α,β-unsaturated/α-hetero) is 1. The third kappa shape index (κ3) is 3.42. The summed E-state index contributed by atoms with van der Waals surface area (Å²) in [5.74, 6) is -1.46. The lowest BCUT2D eigenvalue weighted by atomic mass is 10.1. The van der Waals surface area contributed by atoms with E-state index in [9.17, 15) is 19.2 Å². The maximum atomic E-state index is 12.3. The molecule has 2 rings (SSSR count). The molecule has 8 heteroatoms. The first-order valence-electron chi connectivity index (χ1n) is 8.17. The van der Waals surface area contributed by atoms with Crippen LogP contribution in [0.3, 0.4) is 0 Å². The Hall–Kier alpha value is -2.38. The van der Waals surface area contributed by atoms with Gasteiger partial charge in [-0.15, -0.1) is 0 Å². The van der Waals surface area contributed by atoms with Crippen molar-refractivity contribution >= 4 is 17.6 Å². The minimum atomic E-state index is -0.772. The zero-order valence-corrected chi connectivity index (χ0v) is 14.0. The summed E-state index contributed by atoms with van der Waals surface area (Å²) in [6, 6.07) is 0. The molecule has 0 unspecified atom stereocenters. The molecule has 132 valence electrons. The molecule has 1 aliphatic rings. The van der Waals surface area contributed by atoms with Crippen molar-refractivity contribution in [3.63, 3.8) is 0 Å². The number of ether oxygens (including phenoxy) is 1. The zero-order valence-electron chi connectivity index (χ0n) is 14.0. The molecule has 0 aromatic carbocycles. The van der Waals surface area contributed by atoms with E-state index in [0.29, 0.717) is 13.0 Å². The largest absolute Gasteiger partial charge is 0.457 e. The third-order valence-corrected chi connectivity index (χ3v) is 4.34. The molecular weight excluding hydrogens is 314 g/mol. The van der Waals surface area contributed by atoms with Gasteiger partial charge in [-0.25, -0.2) is 4.79 Å². The highest BCUT2D eigenvalue weighted by molar-refractivity contribution is 6.01. The first-order chi connectivity index (χ1) is 11.4. The number of nitrogen functional groups attached to an aromatic ring is 1. The van der Waals surface area contributed by atoms with Gasteiger partial charge < -0.3 is 10.5 Å². The molecule has 0 amide bonds. The third-order valence-electron chi connectivity index (χ3n) is 4.34. The van der Waals surface area contributed by atoms with E-state index in [0.717, 1.165) is 30.3 Å². The second-order valence-corrected chi connectivity index (χ2v) is 6.07. The predicted octanol–water partition coefficient (Wildman–Crippen LogP) is 0.455. The van der Waals surface area contributed by atoms with Crippen LogP contribution in [0.15, 0.2) is 9.59 Å². The van der Waals surface area contributed by atoms with Crippen molar-refractivity contribution in [3.8, 4) is 0 Å². The van der Waals surface area contributed by atoms with Crippen LogP contribution in [0.5, 0.6) is 0 Å². The molecule has 1 fully saturated rings. The number of carbonyl (C=O) groups is 2. The van der Waals surface area contributed by atoms with Crippen molar-refractivity contribution in [1.82, 2.24) is 9.13 Å². The van der Waals surface area contributed by atoms with Crippen molar-refractivity contribution in [2.45, 2.75) is 45.6 Å². The maximum Gasteiger partial charge on any atom is 0.332 e. The second-order valence-electron chi connectivity index (χ2n) is 6.07. The van der Waals surface area contributed by atoms with Crippen LogP contribution in [0.4, 0.5) is 5.82 Å². The van der Waals surface area contributed by atoms with Gasteiger partial charge in [0.2, 0.25) is 5.78 Å². The van der Waals surface area contributed by atoms with Crippen LogP contribution < -0.4 is 17.0 Å². The van der Waals surface area contributed by atoms with Crippen LogP contribution in [-0.4, -0.2) is 27.5 Å². The standard InChI is InChI=1S/C16H23N3O5/c1-3-8-19-13(17)12(14(21)18(2)16(19)23)11(20)9-24-15(22)10-6-4-5-7-10/h10H,3-9,17H2,1-2H3. The molecule has 1 saturated carbocycles.